The molecule has 10 heteroatoms. The molecule has 0 unspecified atom stereocenters. The molecule has 1 aliphatic rings. The molecular formula is C31H39N7O3. The second kappa shape index (κ2) is 11.8. The lowest BCUT2D eigenvalue weighted by Gasteiger charge is -2.28. The third-order valence-corrected chi connectivity index (χ3v) is 7.02. The average molecular weight is 558 g/mol. The van der Waals surface area contributed by atoms with Gasteiger partial charge in [0.1, 0.15) is 11.5 Å². The van der Waals surface area contributed by atoms with E-state index in [0.29, 0.717) is 37.2 Å². The largest absolute Gasteiger partial charge is 0.455 e. The summed E-state index contributed by atoms with van der Waals surface area (Å²) in [5, 5.41) is 15.2. The molecule has 41 heavy (non-hydrogen) atoms. The number of carbonyl (C=O) groups is 1. The number of pyridine rings is 1. The lowest BCUT2D eigenvalue weighted by Crippen LogP contribution is -2.36. The summed E-state index contributed by atoms with van der Waals surface area (Å²) in [7, 11) is 0. The number of furan rings is 1. The summed E-state index contributed by atoms with van der Waals surface area (Å²) in [6.45, 7) is 16.2. The highest BCUT2D eigenvalue weighted by atomic mass is 16.5. The van der Waals surface area contributed by atoms with Crippen molar-refractivity contribution in [2.24, 2.45) is 0 Å². The number of rotatable bonds is 8. The number of aromatic nitrogens is 4. The maximum Gasteiger partial charge on any atom is 0.291 e. The molecule has 1 saturated heterocycles. The quantitative estimate of drug-likeness (QED) is 0.307. The smallest absolute Gasteiger partial charge is 0.291 e. The fraction of sp³-hybridized carbons (Fsp3) is 0.419. The van der Waals surface area contributed by atoms with Gasteiger partial charge in [-0.25, -0.2) is 4.68 Å². The highest BCUT2D eigenvalue weighted by molar-refractivity contribution is 6.02. The Kier molecular flexibility index (Phi) is 8.23. The molecule has 1 aromatic carbocycles. The normalized spacial score (nSPS) is 14.1. The zero-order valence-corrected chi connectivity index (χ0v) is 24.7. The summed E-state index contributed by atoms with van der Waals surface area (Å²) in [4.78, 5) is 19.9. The van der Waals surface area contributed by atoms with Crippen LogP contribution in [-0.2, 0) is 16.7 Å². The van der Waals surface area contributed by atoms with Gasteiger partial charge in [-0.2, -0.15) is 0 Å². The van der Waals surface area contributed by atoms with Crippen LogP contribution in [0.2, 0.25) is 0 Å². The highest BCUT2D eigenvalue weighted by Gasteiger charge is 2.26. The standard InChI is InChI=1S/C31H39N7O3/c1-20(2)33-17-23-14-28(41-29(23)31(4,5)6)30(39)34-24-8-7-21(3)27(15-24)38-19-26(35-36-38)22-13-25(18-32-16-22)37-9-11-40-12-10-37/h7-8,13-16,18-20,33H,9-12,17H2,1-6H3,(H,34,39). The van der Waals surface area contributed by atoms with Crippen molar-refractivity contribution in [1.82, 2.24) is 25.3 Å². The first-order chi connectivity index (χ1) is 19.6. The van der Waals surface area contributed by atoms with Crippen LogP contribution in [-0.4, -0.2) is 58.2 Å². The number of carbonyl (C=O) groups excluding carboxylic acids is 1. The molecule has 0 aliphatic carbocycles. The van der Waals surface area contributed by atoms with E-state index < -0.39 is 0 Å². The number of hydrogen-bond acceptors (Lipinski definition) is 8. The molecular weight excluding hydrogens is 518 g/mol. The average Bonchev–Trinajstić information content (AvgIpc) is 3.62. The molecule has 0 radical (unpaired) electrons. The third-order valence-electron chi connectivity index (χ3n) is 7.02. The molecule has 2 N–H and O–H groups in total. The van der Waals surface area contributed by atoms with E-state index in [-0.39, 0.29) is 17.1 Å². The zero-order chi connectivity index (χ0) is 29.1. The van der Waals surface area contributed by atoms with E-state index in [0.717, 1.165) is 46.9 Å². The Morgan fingerprint density at radius 2 is 1.88 bits per heavy atom. The topological polar surface area (TPSA) is 110 Å². The van der Waals surface area contributed by atoms with Crippen LogP contribution in [0.5, 0.6) is 0 Å². The molecule has 1 aliphatic heterocycles. The molecule has 1 amide bonds. The van der Waals surface area contributed by atoms with Crippen molar-refractivity contribution in [3.63, 3.8) is 0 Å². The number of ether oxygens (including phenoxy) is 1. The predicted octanol–water partition coefficient (Wildman–Crippen LogP) is 5.12. The number of anilines is 2. The number of benzene rings is 1. The van der Waals surface area contributed by atoms with E-state index in [2.05, 4.69) is 71.5 Å². The van der Waals surface area contributed by atoms with Crippen LogP contribution < -0.4 is 15.5 Å². The summed E-state index contributed by atoms with van der Waals surface area (Å²) >= 11 is 0. The van der Waals surface area contributed by atoms with Gasteiger partial charge < -0.3 is 24.7 Å². The zero-order valence-electron chi connectivity index (χ0n) is 24.7. The summed E-state index contributed by atoms with van der Waals surface area (Å²) in [6.07, 6.45) is 5.54. The van der Waals surface area contributed by atoms with Gasteiger partial charge in [0.2, 0.25) is 0 Å². The lowest BCUT2D eigenvalue weighted by atomic mass is 9.90. The van der Waals surface area contributed by atoms with Gasteiger partial charge in [-0.1, -0.05) is 45.9 Å². The Balaban J connectivity index is 1.35. The summed E-state index contributed by atoms with van der Waals surface area (Å²) < 4.78 is 13.3. The Morgan fingerprint density at radius 1 is 1.10 bits per heavy atom. The van der Waals surface area contributed by atoms with E-state index in [1.54, 1.807) is 10.9 Å². The molecule has 4 aromatic rings. The minimum absolute atomic E-state index is 0.231. The summed E-state index contributed by atoms with van der Waals surface area (Å²) in [6, 6.07) is 9.96. The lowest BCUT2D eigenvalue weighted by molar-refractivity contribution is 0.0993. The van der Waals surface area contributed by atoms with Gasteiger partial charge in [-0.05, 0) is 36.8 Å². The van der Waals surface area contributed by atoms with Gasteiger partial charge in [0, 0.05) is 54.1 Å². The SMILES string of the molecule is Cc1ccc(NC(=O)c2cc(CNC(C)C)c(C(C)(C)C)o2)cc1-n1cc(-c2cncc(N3CCOCC3)c2)nn1. The molecule has 0 bridgehead atoms. The Hall–Kier alpha value is -4.02. The van der Waals surface area contributed by atoms with Crippen molar-refractivity contribution < 1.29 is 13.9 Å². The number of nitrogens with one attached hydrogen (secondary N) is 2. The number of hydrogen-bond donors (Lipinski definition) is 2. The first kappa shape index (κ1) is 28.5. The molecule has 1 fully saturated rings. The van der Waals surface area contributed by atoms with Crippen molar-refractivity contribution in [3.05, 3.63) is 71.6 Å². The second-order valence-corrected chi connectivity index (χ2v) is 11.8. The van der Waals surface area contributed by atoms with Crippen LogP contribution in [0.15, 0.2) is 53.3 Å². The van der Waals surface area contributed by atoms with E-state index in [4.69, 9.17) is 9.15 Å². The molecule has 0 atom stereocenters. The second-order valence-electron chi connectivity index (χ2n) is 11.8. The number of nitrogens with zero attached hydrogens (tertiary/aromatic N) is 5. The Labute approximate surface area is 241 Å². The van der Waals surface area contributed by atoms with Crippen LogP contribution in [0, 0.1) is 6.92 Å². The van der Waals surface area contributed by atoms with E-state index in [9.17, 15) is 4.79 Å². The van der Waals surface area contributed by atoms with Crippen LogP contribution >= 0.6 is 0 Å². The molecule has 10 nitrogen and oxygen atoms in total. The van der Waals surface area contributed by atoms with Crippen LogP contribution in [0.25, 0.3) is 16.9 Å². The summed E-state index contributed by atoms with van der Waals surface area (Å²) in [5.74, 6) is 0.794. The molecule has 0 saturated carbocycles. The number of amides is 1. The van der Waals surface area contributed by atoms with Gasteiger partial charge in [-0.3, -0.25) is 9.78 Å². The monoisotopic (exact) mass is 557 g/mol. The van der Waals surface area contributed by atoms with Crippen molar-refractivity contribution in [2.45, 2.75) is 59.5 Å². The van der Waals surface area contributed by atoms with Crippen molar-refractivity contribution in [3.8, 4) is 16.9 Å². The van der Waals surface area contributed by atoms with Gasteiger partial charge in [0.05, 0.1) is 37.0 Å². The van der Waals surface area contributed by atoms with E-state index in [1.807, 2.05) is 43.6 Å². The maximum atomic E-state index is 13.3. The highest BCUT2D eigenvalue weighted by Crippen LogP contribution is 2.30. The molecule has 216 valence electrons. The minimum atomic E-state index is -0.300. The van der Waals surface area contributed by atoms with Gasteiger partial charge in [0.15, 0.2) is 5.76 Å². The molecule has 4 heterocycles. The number of aryl methyl sites for hydroxylation is 1. The van der Waals surface area contributed by atoms with Crippen LogP contribution in [0.1, 0.15) is 62.1 Å². The van der Waals surface area contributed by atoms with E-state index >= 15 is 0 Å². The van der Waals surface area contributed by atoms with Crippen LogP contribution in [0.3, 0.4) is 0 Å². The minimum Gasteiger partial charge on any atom is -0.455 e. The first-order valence-corrected chi connectivity index (χ1v) is 14.1. The van der Waals surface area contributed by atoms with Crippen LogP contribution in [0.4, 0.5) is 11.4 Å². The van der Waals surface area contributed by atoms with Gasteiger partial charge >= 0.3 is 0 Å². The fourth-order valence-corrected chi connectivity index (χ4v) is 4.82. The van der Waals surface area contributed by atoms with Gasteiger partial charge in [-0.15, -0.1) is 5.10 Å². The maximum absolute atomic E-state index is 13.3. The number of morpholine rings is 1. The third kappa shape index (κ3) is 6.66. The molecule has 5 rings (SSSR count). The predicted molar refractivity (Wildman–Crippen MR) is 160 cm³/mol. The molecule has 3 aromatic heterocycles. The van der Waals surface area contributed by atoms with E-state index in [1.165, 1.54) is 0 Å². The first-order valence-electron chi connectivity index (χ1n) is 14.1. The summed E-state index contributed by atoms with van der Waals surface area (Å²) in [5.41, 5.74) is 5.85. The van der Waals surface area contributed by atoms with Gasteiger partial charge in [0.25, 0.3) is 5.91 Å². The Morgan fingerprint density at radius 3 is 2.61 bits per heavy atom. The Bertz CT molecular complexity index is 1510. The van der Waals surface area contributed by atoms with Crippen molar-refractivity contribution in [1.29, 1.82) is 0 Å². The molecule has 0 spiro atoms. The van der Waals surface area contributed by atoms with Crippen molar-refractivity contribution in [2.75, 3.05) is 36.5 Å². The van der Waals surface area contributed by atoms with Crippen molar-refractivity contribution >= 4 is 17.3 Å². The fourth-order valence-electron chi connectivity index (χ4n) is 4.82.